The van der Waals surface area contributed by atoms with Crippen LogP contribution in [-0.2, 0) is 13.2 Å². The molecule has 1 N–H and O–H groups in total. The van der Waals surface area contributed by atoms with Gasteiger partial charge in [0.15, 0.2) is 0 Å². The number of ether oxygens (including phenoxy) is 1. The number of nitrogens with zero attached hydrogens (tertiary/aromatic N) is 1. The van der Waals surface area contributed by atoms with Gasteiger partial charge in [0.2, 0.25) is 0 Å². The maximum absolute atomic E-state index is 6.09. The van der Waals surface area contributed by atoms with Gasteiger partial charge in [-0.2, -0.15) is 0 Å². The minimum atomic E-state index is 0.472. The average Bonchev–Trinajstić information content (AvgIpc) is 3.28. The Bertz CT molecular complexity index is 626. The molecular formula is C17H19ClN2O. The highest BCUT2D eigenvalue weighted by atomic mass is 35.5. The molecule has 4 heteroatoms. The maximum Gasteiger partial charge on any atom is 0.130 e. The number of hydrogen-bond acceptors (Lipinski definition) is 3. The predicted octanol–water partition coefficient (Wildman–Crippen LogP) is 3.87. The lowest BCUT2D eigenvalue weighted by molar-refractivity contribution is 0.297. The highest BCUT2D eigenvalue weighted by Gasteiger charge is 2.20. The summed E-state index contributed by atoms with van der Waals surface area (Å²) in [5.74, 6) is 0.871. The first kappa shape index (κ1) is 14.4. The largest absolute Gasteiger partial charge is 0.487 e. The third kappa shape index (κ3) is 4.19. The molecule has 0 spiro atoms. The summed E-state index contributed by atoms with van der Waals surface area (Å²) in [5, 5.41) is 4.23. The van der Waals surface area contributed by atoms with E-state index in [0.717, 1.165) is 34.3 Å². The Morgan fingerprint density at radius 1 is 1.29 bits per heavy atom. The van der Waals surface area contributed by atoms with E-state index < -0.39 is 0 Å². The van der Waals surface area contributed by atoms with Gasteiger partial charge in [-0.1, -0.05) is 17.7 Å². The number of halogens is 1. The molecule has 1 heterocycles. The third-order valence-corrected chi connectivity index (χ3v) is 3.74. The Kier molecular flexibility index (Phi) is 4.42. The quantitative estimate of drug-likeness (QED) is 0.879. The molecule has 3 nitrogen and oxygen atoms in total. The van der Waals surface area contributed by atoms with Gasteiger partial charge in [0.25, 0.3) is 0 Å². The van der Waals surface area contributed by atoms with Crippen molar-refractivity contribution < 1.29 is 4.74 Å². The molecule has 1 aliphatic carbocycles. The van der Waals surface area contributed by atoms with Crippen molar-refractivity contribution >= 4 is 11.6 Å². The lowest BCUT2D eigenvalue weighted by Crippen LogP contribution is -2.16. The van der Waals surface area contributed by atoms with Gasteiger partial charge < -0.3 is 10.1 Å². The first-order chi connectivity index (χ1) is 10.2. The normalized spacial score (nSPS) is 14.2. The standard InChI is InChI=1S/C17H19ClN2O/c1-12-3-2-4-16(20-12)11-21-17-8-5-14(18)9-13(17)10-19-15-6-7-15/h2-5,8-9,15,19H,6-7,10-11H2,1H3. The Labute approximate surface area is 130 Å². The van der Waals surface area contributed by atoms with Gasteiger partial charge in [-0.05, 0) is 50.1 Å². The summed E-state index contributed by atoms with van der Waals surface area (Å²) in [7, 11) is 0. The second-order valence-corrected chi connectivity index (χ2v) is 5.90. The topological polar surface area (TPSA) is 34.1 Å². The molecule has 21 heavy (non-hydrogen) atoms. The molecule has 1 fully saturated rings. The minimum absolute atomic E-state index is 0.472. The number of pyridine rings is 1. The summed E-state index contributed by atoms with van der Waals surface area (Å²) in [6.07, 6.45) is 2.54. The van der Waals surface area contributed by atoms with Crippen molar-refractivity contribution in [1.82, 2.24) is 10.3 Å². The molecule has 1 aromatic carbocycles. The van der Waals surface area contributed by atoms with Gasteiger partial charge in [-0.15, -0.1) is 0 Å². The zero-order valence-electron chi connectivity index (χ0n) is 12.1. The molecule has 0 radical (unpaired) electrons. The highest BCUT2D eigenvalue weighted by molar-refractivity contribution is 6.30. The molecule has 0 bridgehead atoms. The van der Waals surface area contributed by atoms with Crippen LogP contribution in [0.3, 0.4) is 0 Å². The summed E-state index contributed by atoms with van der Waals surface area (Å²) in [6.45, 7) is 3.25. The maximum atomic E-state index is 6.09. The molecule has 1 aliphatic rings. The van der Waals surface area contributed by atoms with Crippen molar-refractivity contribution in [2.45, 2.75) is 39.0 Å². The summed E-state index contributed by atoms with van der Waals surface area (Å²) >= 11 is 6.09. The molecule has 0 saturated heterocycles. The van der Waals surface area contributed by atoms with E-state index in [0.29, 0.717) is 12.6 Å². The van der Waals surface area contributed by atoms with Gasteiger partial charge in [0, 0.05) is 28.9 Å². The Hall–Kier alpha value is -1.58. The van der Waals surface area contributed by atoms with Crippen molar-refractivity contribution in [1.29, 1.82) is 0 Å². The number of rotatable bonds is 6. The van der Waals surface area contributed by atoms with Crippen molar-refractivity contribution in [3.63, 3.8) is 0 Å². The third-order valence-electron chi connectivity index (χ3n) is 3.50. The van der Waals surface area contributed by atoms with E-state index in [1.807, 2.05) is 43.3 Å². The van der Waals surface area contributed by atoms with Gasteiger partial charge >= 0.3 is 0 Å². The van der Waals surface area contributed by atoms with Crippen molar-refractivity contribution in [3.05, 3.63) is 58.4 Å². The van der Waals surface area contributed by atoms with Crippen molar-refractivity contribution in [2.24, 2.45) is 0 Å². The molecule has 110 valence electrons. The minimum Gasteiger partial charge on any atom is -0.487 e. The molecular weight excluding hydrogens is 284 g/mol. The van der Waals surface area contributed by atoms with E-state index in [4.69, 9.17) is 16.3 Å². The first-order valence-corrected chi connectivity index (χ1v) is 7.65. The van der Waals surface area contributed by atoms with Crippen molar-refractivity contribution in [3.8, 4) is 5.75 Å². The van der Waals surface area contributed by atoms with E-state index in [2.05, 4.69) is 10.3 Å². The number of nitrogens with one attached hydrogen (secondary N) is 1. The second kappa shape index (κ2) is 6.46. The van der Waals surface area contributed by atoms with Crippen LogP contribution in [-0.4, -0.2) is 11.0 Å². The van der Waals surface area contributed by atoms with Crippen LogP contribution in [0.15, 0.2) is 36.4 Å². The smallest absolute Gasteiger partial charge is 0.130 e. The summed E-state index contributed by atoms with van der Waals surface area (Å²) in [4.78, 5) is 4.45. The van der Waals surface area contributed by atoms with Gasteiger partial charge in [0.1, 0.15) is 12.4 Å². The van der Waals surface area contributed by atoms with Crippen LogP contribution in [0.5, 0.6) is 5.75 Å². The summed E-state index contributed by atoms with van der Waals surface area (Å²) in [6, 6.07) is 12.4. The van der Waals surface area contributed by atoms with E-state index in [1.165, 1.54) is 12.8 Å². The molecule has 0 atom stereocenters. The van der Waals surface area contributed by atoms with Crippen LogP contribution < -0.4 is 10.1 Å². The fraction of sp³-hybridized carbons (Fsp3) is 0.353. The first-order valence-electron chi connectivity index (χ1n) is 7.28. The van der Waals surface area contributed by atoms with E-state index in [-0.39, 0.29) is 0 Å². The predicted molar refractivity (Wildman–Crippen MR) is 84.6 cm³/mol. The molecule has 1 aromatic heterocycles. The fourth-order valence-corrected chi connectivity index (χ4v) is 2.40. The molecule has 2 aromatic rings. The second-order valence-electron chi connectivity index (χ2n) is 5.47. The van der Waals surface area contributed by atoms with E-state index >= 15 is 0 Å². The van der Waals surface area contributed by atoms with Crippen LogP contribution in [0.2, 0.25) is 5.02 Å². The Balaban J connectivity index is 1.68. The number of hydrogen-bond donors (Lipinski definition) is 1. The van der Waals surface area contributed by atoms with Gasteiger partial charge in [-0.3, -0.25) is 4.98 Å². The molecule has 0 aliphatic heterocycles. The monoisotopic (exact) mass is 302 g/mol. The number of benzene rings is 1. The lowest BCUT2D eigenvalue weighted by atomic mass is 10.2. The van der Waals surface area contributed by atoms with Crippen molar-refractivity contribution in [2.75, 3.05) is 0 Å². The van der Waals surface area contributed by atoms with Crippen LogP contribution in [0.25, 0.3) is 0 Å². The van der Waals surface area contributed by atoms with E-state index in [1.54, 1.807) is 0 Å². The zero-order chi connectivity index (χ0) is 14.7. The number of aryl methyl sites for hydroxylation is 1. The highest BCUT2D eigenvalue weighted by Crippen LogP contribution is 2.26. The van der Waals surface area contributed by atoms with Crippen LogP contribution >= 0.6 is 11.6 Å². The lowest BCUT2D eigenvalue weighted by Gasteiger charge is -2.12. The SMILES string of the molecule is Cc1cccc(COc2ccc(Cl)cc2CNC2CC2)n1. The number of aromatic nitrogens is 1. The van der Waals surface area contributed by atoms with Crippen LogP contribution in [0.4, 0.5) is 0 Å². The molecule has 0 unspecified atom stereocenters. The Morgan fingerprint density at radius 2 is 2.14 bits per heavy atom. The molecule has 3 rings (SSSR count). The van der Waals surface area contributed by atoms with Gasteiger partial charge in [-0.25, -0.2) is 0 Å². The summed E-state index contributed by atoms with van der Waals surface area (Å²) < 4.78 is 5.92. The Morgan fingerprint density at radius 3 is 2.90 bits per heavy atom. The fourth-order valence-electron chi connectivity index (χ4n) is 2.20. The molecule has 0 amide bonds. The summed E-state index contributed by atoms with van der Waals surface area (Å²) in [5.41, 5.74) is 3.04. The zero-order valence-corrected chi connectivity index (χ0v) is 12.9. The van der Waals surface area contributed by atoms with Crippen LogP contribution in [0.1, 0.15) is 29.8 Å². The average molecular weight is 303 g/mol. The van der Waals surface area contributed by atoms with Crippen LogP contribution in [0, 0.1) is 6.92 Å². The van der Waals surface area contributed by atoms with Gasteiger partial charge in [0.05, 0.1) is 5.69 Å². The van der Waals surface area contributed by atoms with E-state index in [9.17, 15) is 0 Å². The molecule has 1 saturated carbocycles.